The molecule has 2 atom stereocenters. The molecule has 0 unspecified atom stereocenters. The Balaban J connectivity index is 1.53. The smallest absolute Gasteiger partial charge is 0.278 e. The van der Waals surface area contributed by atoms with E-state index in [1.807, 2.05) is 0 Å². The van der Waals surface area contributed by atoms with Gasteiger partial charge < -0.3 is 23.8 Å². The van der Waals surface area contributed by atoms with E-state index in [1.54, 1.807) is 36.4 Å². The molecule has 2 aromatic rings. The van der Waals surface area contributed by atoms with Gasteiger partial charge in [-0.25, -0.2) is 4.90 Å². The van der Waals surface area contributed by atoms with Crippen LogP contribution in [0, 0.1) is 5.92 Å². The minimum atomic E-state index is -1.03. The minimum absolute atomic E-state index is 0.0987. The van der Waals surface area contributed by atoms with E-state index in [1.165, 1.54) is 14.2 Å². The molecule has 3 aliphatic heterocycles. The predicted molar refractivity (Wildman–Crippen MR) is 99.5 cm³/mol. The summed E-state index contributed by atoms with van der Waals surface area (Å²) in [6.07, 6.45) is -1.03. The maximum atomic E-state index is 13.2. The highest BCUT2D eigenvalue weighted by atomic mass is 16.7. The summed E-state index contributed by atoms with van der Waals surface area (Å²) in [5.74, 6) is 0.144. The fourth-order valence-corrected chi connectivity index (χ4v) is 3.77. The molecule has 2 amide bonds. The molecule has 148 valence electrons. The summed E-state index contributed by atoms with van der Waals surface area (Å²) in [7, 11) is 3.01. The molecule has 9 nitrogen and oxygen atoms in total. The van der Waals surface area contributed by atoms with Crippen LogP contribution in [0.4, 0.5) is 5.69 Å². The third kappa shape index (κ3) is 2.43. The van der Waals surface area contributed by atoms with Gasteiger partial charge in [0.1, 0.15) is 11.6 Å². The molecule has 0 N–H and O–H groups in total. The number of para-hydroxylation sites is 1. The molecule has 0 spiro atoms. The monoisotopic (exact) mass is 396 g/mol. The van der Waals surface area contributed by atoms with Crippen LogP contribution in [0.25, 0.3) is 0 Å². The SMILES string of the molecule is COc1cccc(C2=NO[C@@H]3C(=O)N(c4ccc5c(c4)OCO5)C(=O)[C@H]23)c1OC. The molecule has 1 fully saturated rings. The highest BCUT2D eigenvalue weighted by molar-refractivity contribution is 6.32. The molecule has 3 aliphatic rings. The summed E-state index contributed by atoms with van der Waals surface area (Å²) in [6.45, 7) is 0.0987. The number of rotatable bonds is 4. The van der Waals surface area contributed by atoms with Crippen molar-refractivity contribution < 1.29 is 33.4 Å². The molecule has 29 heavy (non-hydrogen) atoms. The number of carbonyl (C=O) groups excluding carboxylic acids is 2. The van der Waals surface area contributed by atoms with Gasteiger partial charge in [0.2, 0.25) is 18.8 Å². The topological polar surface area (TPSA) is 95.9 Å². The van der Waals surface area contributed by atoms with Crippen molar-refractivity contribution in [1.29, 1.82) is 0 Å². The molecular weight excluding hydrogens is 380 g/mol. The first-order valence-electron chi connectivity index (χ1n) is 8.86. The quantitative estimate of drug-likeness (QED) is 0.726. The van der Waals surface area contributed by atoms with Gasteiger partial charge in [0, 0.05) is 11.6 Å². The van der Waals surface area contributed by atoms with Gasteiger partial charge in [0.15, 0.2) is 23.0 Å². The van der Waals surface area contributed by atoms with Crippen molar-refractivity contribution >= 4 is 23.2 Å². The van der Waals surface area contributed by atoms with Crippen LogP contribution < -0.4 is 23.8 Å². The van der Waals surface area contributed by atoms with Crippen molar-refractivity contribution in [3.05, 3.63) is 42.0 Å². The van der Waals surface area contributed by atoms with E-state index >= 15 is 0 Å². The Morgan fingerprint density at radius 2 is 1.86 bits per heavy atom. The highest BCUT2D eigenvalue weighted by Gasteiger charge is 2.56. The second-order valence-corrected chi connectivity index (χ2v) is 6.57. The first kappa shape index (κ1) is 17.4. The third-order valence-corrected chi connectivity index (χ3v) is 5.11. The number of amides is 2. The van der Waals surface area contributed by atoms with Gasteiger partial charge in [0.25, 0.3) is 5.91 Å². The lowest BCUT2D eigenvalue weighted by molar-refractivity contribution is -0.126. The number of hydrogen-bond acceptors (Lipinski definition) is 8. The summed E-state index contributed by atoms with van der Waals surface area (Å²) in [5.41, 5.74) is 1.25. The zero-order chi connectivity index (χ0) is 20.1. The number of carbonyl (C=O) groups is 2. The van der Waals surface area contributed by atoms with Crippen molar-refractivity contribution in [2.24, 2.45) is 11.1 Å². The molecule has 0 aliphatic carbocycles. The fourth-order valence-electron chi connectivity index (χ4n) is 3.77. The standard InChI is InChI=1S/C20H16N2O7/c1-25-13-5-3-4-11(17(13)26-2)16-15-18(29-21-16)20(24)22(19(15)23)10-6-7-12-14(8-10)28-9-27-12/h3-8,15,18H,9H2,1-2H3/t15-,18+/m1/s1. The van der Waals surface area contributed by atoms with Crippen LogP contribution in [0.1, 0.15) is 5.56 Å². The van der Waals surface area contributed by atoms with Crippen molar-refractivity contribution in [2.45, 2.75) is 6.10 Å². The van der Waals surface area contributed by atoms with Crippen molar-refractivity contribution in [3.8, 4) is 23.0 Å². The van der Waals surface area contributed by atoms with E-state index in [4.69, 9.17) is 23.8 Å². The number of oxime groups is 1. The molecule has 2 aromatic carbocycles. The average Bonchev–Trinajstić information content (AvgIpc) is 3.44. The molecule has 0 aromatic heterocycles. The van der Waals surface area contributed by atoms with E-state index < -0.39 is 23.8 Å². The lowest BCUT2D eigenvalue weighted by atomic mass is 9.93. The summed E-state index contributed by atoms with van der Waals surface area (Å²) in [6, 6.07) is 10.1. The Labute approximate surface area is 165 Å². The molecule has 1 saturated heterocycles. The molecule has 5 rings (SSSR count). The maximum Gasteiger partial charge on any atom is 0.278 e. The average molecular weight is 396 g/mol. The van der Waals surface area contributed by atoms with E-state index in [0.717, 1.165) is 4.90 Å². The number of benzene rings is 2. The summed E-state index contributed by atoms with van der Waals surface area (Å²) >= 11 is 0. The zero-order valence-corrected chi connectivity index (χ0v) is 15.6. The number of ether oxygens (including phenoxy) is 4. The Bertz CT molecular complexity index is 1060. The molecular formula is C20H16N2O7. The van der Waals surface area contributed by atoms with Crippen molar-refractivity contribution in [1.82, 2.24) is 0 Å². The van der Waals surface area contributed by atoms with Crippen LogP contribution in [0.3, 0.4) is 0 Å². The first-order chi connectivity index (χ1) is 14.1. The van der Waals surface area contributed by atoms with Gasteiger partial charge >= 0.3 is 0 Å². The number of methoxy groups -OCH3 is 2. The van der Waals surface area contributed by atoms with E-state index in [-0.39, 0.29) is 6.79 Å². The third-order valence-electron chi connectivity index (χ3n) is 5.11. The van der Waals surface area contributed by atoms with E-state index in [0.29, 0.717) is 40.0 Å². The summed E-state index contributed by atoms with van der Waals surface area (Å²) in [4.78, 5) is 32.6. The van der Waals surface area contributed by atoms with Crippen LogP contribution in [0.2, 0.25) is 0 Å². The van der Waals surface area contributed by atoms with Gasteiger partial charge in [0.05, 0.1) is 19.9 Å². The summed E-state index contributed by atoms with van der Waals surface area (Å²) < 4.78 is 21.4. The van der Waals surface area contributed by atoms with E-state index in [9.17, 15) is 9.59 Å². The van der Waals surface area contributed by atoms with Gasteiger partial charge in [-0.15, -0.1) is 0 Å². The fraction of sp³-hybridized carbons (Fsp3) is 0.250. The van der Waals surface area contributed by atoms with E-state index in [2.05, 4.69) is 5.16 Å². The Morgan fingerprint density at radius 1 is 1.03 bits per heavy atom. The number of imide groups is 1. The Kier molecular flexibility index (Phi) is 3.83. The first-order valence-corrected chi connectivity index (χ1v) is 8.86. The predicted octanol–water partition coefficient (Wildman–Crippen LogP) is 1.72. The highest BCUT2D eigenvalue weighted by Crippen LogP contribution is 2.42. The van der Waals surface area contributed by atoms with Gasteiger partial charge in [-0.1, -0.05) is 11.2 Å². The van der Waals surface area contributed by atoms with Crippen LogP contribution >= 0.6 is 0 Å². The van der Waals surface area contributed by atoms with Crippen LogP contribution in [-0.2, 0) is 14.4 Å². The van der Waals surface area contributed by atoms with Crippen molar-refractivity contribution in [3.63, 3.8) is 0 Å². The Hall–Kier alpha value is -3.75. The minimum Gasteiger partial charge on any atom is -0.493 e. The second-order valence-electron chi connectivity index (χ2n) is 6.57. The lowest BCUT2D eigenvalue weighted by Crippen LogP contribution is -2.33. The van der Waals surface area contributed by atoms with Crippen molar-refractivity contribution in [2.75, 3.05) is 25.9 Å². The number of nitrogens with zero attached hydrogens (tertiary/aromatic N) is 2. The van der Waals surface area contributed by atoms with Gasteiger partial charge in [-0.05, 0) is 24.3 Å². The van der Waals surface area contributed by atoms with Crippen LogP contribution in [0.15, 0.2) is 41.6 Å². The number of anilines is 1. The van der Waals surface area contributed by atoms with Gasteiger partial charge in [-0.3, -0.25) is 9.59 Å². The molecule has 0 bridgehead atoms. The largest absolute Gasteiger partial charge is 0.493 e. The number of hydrogen-bond donors (Lipinski definition) is 0. The zero-order valence-electron chi connectivity index (χ0n) is 15.6. The molecule has 0 radical (unpaired) electrons. The van der Waals surface area contributed by atoms with Crippen LogP contribution in [0.5, 0.6) is 23.0 Å². The molecule has 3 heterocycles. The second kappa shape index (κ2) is 6.40. The number of fused-ring (bicyclic) bond motifs is 2. The van der Waals surface area contributed by atoms with Gasteiger partial charge in [-0.2, -0.15) is 0 Å². The van der Waals surface area contributed by atoms with Crippen LogP contribution in [-0.4, -0.2) is 44.6 Å². The summed E-state index contributed by atoms with van der Waals surface area (Å²) in [5, 5.41) is 4.03. The lowest BCUT2D eigenvalue weighted by Gasteiger charge is -2.17. The molecule has 0 saturated carbocycles. The molecule has 9 heteroatoms. The maximum absolute atomic E-state index is 13.2. The normalized spacial score (nSPS) is 21.7. The Morgan fingerprint density at radius 3 is 2.66 bits per heavy atom.